The number of ether oxygens (including phenoxy) is 2. The average molecular weight is 687 g/mol. The maximum Gasteiger partial charge on any atom is 0.225 e. The lowest BCUT2D eigenvalue weighted by Gasteiger charge is -2.18. The van der Waals surface area contributed by atoms with E-state index in [-0.39, 0.29) is 53.2 Å². The number of anilines is 3. The highest BCUT2D eigenvalue weighted by Gasteiger charge is 2.30. The summed E-state index contributed by atoms with van der Waals surface area (Å²) in [6.45, 7) is -0.728. The van der Waals surface area contributed by atoms with Gasteiger partial charge in [-0.15, -0.1) is 0 Å². The molecule has 0 spiro atoms. The molecule has 0 radical (unpaired) electrons. The Hall–Kier alpha value is -4.13. The van der Waals surface area contributed by atoms with Crippen molar-refractivity contribution >= 4 is 65.1 Å². The van der Waals surface area contributed by atoms with Gasteiger partial charge in [0.2, 0.25) is 14.8 Å². The van der Waals surface area contributed by atoms with Gasteiger partial charge in [0.25, 0.3) is 0 Å². The Labute approximate surface area is 272 Å². The van der Waals surface area contributed by atoms with Crippen LogP contribution in [-0.2, 0) is 20.3 Å². The molecule has 0 bridgehead atoms. The number of fused-ring (bicyclic) bond motifs is 1. The third-order valence-electron chi connectivity index (χ3n) is 6.88. The zero-order valence-electron chi connectivity index (χ0n) is 24.1. The predicted molar refractivity (Wildman–Crippen MR) is 174 cm³/mol. The largest absolute Gasteiger partial charge is 0.489 e. The fourth-order valence-electron chi connectivity index (χ4n) is 4.65. The molecule has 4 aromatic rings. The van der Waals surface area contributed by atoms with Gasteiger partial charge in [-0.3, -0.25) is 9.78 Å². The minimum Gasteiger partial charge on any atom is -0.489 e. The summed E-state index contributed by atoms with van der Waals surface area (Å²) in [7, 11) is -2.48. The summed E-state index contributed by atoms with van der Waals surface area (Å²) >= 11 is 6.49. The third kappa shape index (κ3) is 8.36. The van der Waals surface area contributed by atoms with E-state index in [2.05, 4.69) is 21.7 Å². The van der Waals surface area contributed by atoms with Crippen molar-refractivity contribution in [2.24, 2.45) is 0 Å². The lowest BCUT2D eigenvalue weighted by molar-refractivity contribution is -0.116. The standard InChI is InChI=1S/C31H28ClFN4O7S2/c32-25-9-21(4-5-28(25)43-16-18-2-1-3-20(33)8-18)36-31-19(13-34)14-35-26-12-29(44-17-22(39)15-38)27(11-24(26)31)37-30(40)10-23-6-7-46(41,42)45-23/h1-5,8-9,11-12,14,22-23,38-39H,6-7,10,15-17H2,(H,35,36)(H,37,40)/t22-,23-/m0/s1. The highest BCUT2D eigenvalue weighted by Crippen LogP contribution is 2.38. The van der Waals surface area contributed by atoms with Crippen LogP contribution in [0.1, 0.15) is 24.0 Å². The number of carbonyl (C=O) groups excluding carboxylic acids is 1. The molecule has 1 aromatic heterocycles. The van der Waals surface area contributed by atoms with Crippen molar-refractivity contribution in [3.63, 3.8) is 0 Å². The molecule has 0 unspecified atom stereocenters. The van der Waals surface area contributed by atoms with Crippen molar-refractivity contribution < 1.29 is 37.3 Å². The van der Waals surface area contributed by atoms with Gasteiger partial charge in [0, 0.05) is 35.0 Å². The number of aliphatic hydroxyl groups is 2. The van der Waals surface area contributed by atoms with Gasteiger partial charge < -0.3 is 30.3 Å². The number of aromatic nitrogens is 1. The normalized spacial score (nSPS) is 16.0. The van der Waals surface area contributed by atoms with Crippen LogP contribution >= 0.6 is 22.4 Å². The first kappa shape index (κ1) is 33.2. The number of hydrogen-bond donors (Lipinski definition) is 4. The molecule has 1 amide bonds. The Morgan fingerprint density at radius 3 is 2.72 bits per heavy atom. The summed E-state index contributed by atoms with van der Waals surface area (Å²) in [4.78, 5) is 17.4. The van der Waals surface area contributed by atoms with E-state index >= 15 is 0 Å². The van der Waals surface area contributed by atoms with Crippen molar-refractivity contribution in [2.45, 2.75) is 30.8 Å². The van der Waals surface area contributed by atoms with Gasteiger partial charge in [-0.05, 0) is 59.2 Å². The molecule has 1 aliphatic heterocycles. The molecule has 1 saturated heterocycles. The van der Waals surface area contributed by atoms with Crippen molar-refractivity contribution in [3.8, 4) is 17.6 Å². The molecule has 240 valence electrons. The van der Waals surface area contributed by atoms with E-state index in [0.717, 1.165) is 10.8 Å². The van der Waals surface area contributed by atoms with Crippen LogP contribution in [0.25, 0.3) is 10.9 Å². The van der Waals surface area contributed by atoms with Crippen molar-refractivity contribution in [1.82, 2.24) is 4.98 Å². The Balaban J connectivity index is 1.43. The number of benzene rings is 3. The number of aliphatic hydroxyl groups excluding tert-OH is 2. The summed E-state index contributed by atoms with van der Waals surface area (Å²) in [5.41, 5.74) is 2.24. The van der Waals surface area contributed by atoms with Gasteiger partial charge in [0.15, 0.2) is 0 Å². The van der Waals surface area contributed by atoms with Crippen LogP contribution in [0.4, 0.5) is 21.5 Å². The first-order valence-electron chi connectivity index (χ1n) is 14.0. The highest BCUT2D eigenvalue weighted by atomic mass is 35.5. The Morgan fingerprint density at radius 2 is 2.02 bits per heavy atom. The molecule has 1 fully saturated rings. The summed E-state index contributed by atoms with van der Waals surface area (Å²) in [6, 6.07) is 16.1. The average Bonchev–Trinajstić information content (AvgIpc) is 3.37. The second-order valence-corrected chi connectivity index (χ2v) is 15.3. The SMILES string of the molecule is N#Cc1cnc2cc(OC[C@@H](O)CO)c(NC(=O)C[C@@H]3CCS(=O)(=O)S3)cc2c1Nc1ccc(OCc2cccc(F)c2)c(Cl)c1. The number of pyridine rings is 1. The van der Waals surface area contributed by atoms with E-state index in [9.17, 15) is 33.1 Å². The van der Waals surface area contributed by atoms with Crippen molar-refractivity contribution in [2.75, 3.05) is 29.6 Å². The fraction of sp³-hybridized carbons (Fsp3) is 0.258. The van der Waals surface area contributed by atoms with E-state index < -0.39 is 32.7 Å². The van der Waals surface area contributed by atoms with Gasteiger partial charge >= 0.3 is 0 Å². The number of amides is 1. The number of nitrogens with one attached hydrogen (secondary N) is 2. The molecule has 1 aliphatic rings. The summed E-state index contributed by atoms with van der Waals surface area (Å²) in [5, 5.41) is 35.2. The van der Waals surface area contributed by atoms with Crippen LogP contribution in [-0.4, -0.2) is 59.8 Å². The molecular weight excluding hydrogens is 659 g/mol. The molecule has 4 N–H and O–H groups in total. The van der Waals surface area contributed by atoms with Crippen LogP contribution in [0.15, 0.2) is 60.8 Å². The van der Waals surface area contributed by atoms with E-state index in [4.69, 9.17) is 21.1 Å². The molecule has 5 rings (SSSR count). The zero-order valence-corrected chi connectivity index (χ0v) is 26.5. The van der Waals surface area contributed by atoms with Gasteiger partial charge in [-0.25, -0.2) is 12.8 Å². The number of rotatable bonds is 12. The van der Waals surface area contributed by atoms with Crippen LogP contribution in [0, 0.1) is 17.1 Å². The van der Waals surface area contributed by atoms with Gasteiger partial charge in [-0.2, -0.15) is 5.26 Å². The van der Waals surface area contributed by atoms with Crippen LogP contribution in [0.2, 0.25) is 5.02 Å². The Kier molecular flexibility index (Phi) is 10.5. The van der Waals surface area contributed by atoms with E-state index in [1.165, 1.54) is 24.4 Å². The van der Waals surface area contributed by atoms with Crippen molar-refractivity contribution in [1.29, 1.82) is 5.26 Å². The van der Waals surface area contributed by atoms with Gasteiger partial charge in [0.05, 0.1) is 39.8 Å². The Morgan fingerprint density at radius 1 is 1.20 bits per heavy atom. The second-order valence-electron chi connectivity index (χ2n) is 10.4. The molecule has 15 heteroatoms. The first-order chi connectivity index (χ1) is 22.0. The maximum absolute atomic E-state index is 13.5. The predicted octanol–water partition coefficient (Wildman–Crippen LogP) is 5.12. The van der Waals surface area contributed by atoms with E-state index in [1.54, 1.807) is 36.4 Å². The molecule has 0 aliphatic carbocycles. The molecule has 0 saturated carbocycles. The smallest absolute Gasteiger partial charge is 0.225 e. The molecule has 11 nitrogen and oxygen atoms in total. The summed E-state index contributed by atoms with van der Waals surface area (Å²) in [5.74, 6) is -0.327. The molecule has 2 heterocycles. The number of hydrogen-bond acceptors (Lipinski definition) is 11. The van der Waals surface area contributed by atoms with Crippen LogP contribution in [0.3, 0.4) is 0 Å². The van der Waals surface area contributed by atoms with Crippen LogP contribution < -0.4 is 20.1 Å². The Bertz CT molecular complexity index is 1920. The van der Waals surface area contributed by atoms with E-state index in [0.29, 0.717) is 40.0 Å². The third-order valence-corrected chi connectivity index (χ3v) is 11.1. The van der Waals surface area contributed by atoms with E-state index in [1.807, 2.05) is 0 Å². The maximum atomic E-state index is 13.5. The molecular formula is C31H28ClFN4O7S2. The highest BCUT2D eigenvalue weighted by molar-refractivity contribution is 8.72. The monoisotopic (exact) mass is 686 g/mol. The minimum absolute atomic E-state index is 0.000757. The molecule has 2 atom stereocenters. The zero-order chi connectivity index (χ0) is 32.8. The first-order valence-corrected chi connectivity index (χ1v) is 17.4. The number of halogens is 2. The molecule has 3 aromatic carbocycles. The topological polar surface area (TPSA) is 171 Å². The fourth-order valence-corrected chi connectivity index (χ4v) is 8.86. The number of nitriles is 1. The number of nitrogens with zero attached hydrogens (tertiary/aromatic N) is 2. The summed E-state index contributed by atoms with van der Waals surface area (Å²) < 4.78 is 48.7. The lowest BCUT2D eigenvalue weighted by atomic mass is 10.1. The summed E-state index contributed by atoms with van der Waals surface area (Å²) in [6.07, 6.45) is 0.473. The lowest BCUT2D eigenvalue weighted by Crippen LogP contribution is -2.22. The van der Waals surface area contributed by atoms with Gasteiger partial charge in [-0.1, -0.05) is 23.7 Å². The van der Waals surface area contributed by atoms with Gasteiger partial charge in [0.1, 0.15) is 42.7 Å². The molecule has 46 heavy (non-hydrogen) atoms. The van der Waals surface area contributed by atoms with Crippen LogP contribution in [0.5, 0.6) is 11.5 Å². The van der Waals surface area contributed by atoms with Crippen molar-refractivity contribution in [3.05, 3.63) is 82.8 Å². The minimum atomic E-state index is -3.26. The number of carbonyl (C=O) groups is 1. The quantitative estimate of drug-likeness (QED) is 0.146. The second kappa shape index (κ2) is 14.5.